The zero-order valence-corrected chi connectivity index (χ0v) is 10.6. The van der Waals surface area contributed by atoms with Crippen molar-refractivity contribution in [2.75, 3.05) is 0 Å². The summed E-state index contributed by atoms with van der Waals surface area (Å²) in [6, 6.07) is 0. The van der Waals surface area contributed by atoms with Crippen LogP contribution in [-0.2, 0) is 0 Å². The molecule has 78 valence electrons. The summed E-state index contributed by atoms with van der Waals surface area (Å²) in [5.41, 5.74) is 0. The number of aliphatic hydroxyl groups excluding tert-OH is 1. The second kappa shape index (κ2) is 5.61. The summed E-state index contributed by atoms with van der Waals surface area (Å²) in [7, 11) is -1.16. The van der Waals surface area contributed by atoms with E-state index in [-0.39, 0.29) is 6.10 Å². The summed E-state index contributed by atoms with van der Waals surface area (Å²) < 4.78 is 0. The third-order valence-electron chi connectivity index (χ3n) is 2.46. The van der Waals surface area contributed by atoms with Gasteiger partial charge in [-0.05, 0) is 19.3 Å². The number of aliphatic hydroxyl groups is 1. The topological polar surface area (TPSA) is 20.2 Å². The van der Waals surface area contributed by atoms with Crippen molar-refractivity contribution >= 4 is 8.07 Å². The smallest absolute Gasteiger partial charge is 0.0716 e. The molecule has 1 atom stereocenters. The Morgan fingerprint density at radius 1 is 1.31 bits per heavy atom. The molecule has 0 bridgehead atoms. The first-order valence-corrected chi connectivity index (χ1v) is 8.74. The summed E-state index contributed by atoms with van der Waals surface area (Å²) in [5, 5.41) is 10.9. The quantitative estimate of drug-likeness (QED) is 0.652. The van der Waals surface area contributed by atoms with Crippen LogP contribution in [0.2, 0.25) is 19.6 Å². The summed E-state index contributed by atoms with van der Waals surface area (Å²) in [6.07, 6.45) is 3.80. The molecule has 0 aromatic heterocycles. The molecule has 0 fully saturated rings. The predicted octanol–water partition coefficient (Wildman–Crippen LogP) is 3.36. The zero-order valence-electron chi connectivity index (χ0n) is 9.56. The van der Waals surface area contributed by atoms with Crippen molar-refractivity contribution in [3.63, 3.8) is 0 Å². The van der Waals surface area contributed by atoms with Gasteiger partial charge in [-0.3, -0.25) is 0 Å². The van der Waals surface area contributed by atoms with Gasteiger partial charge in [0, 0.05) is 0 Å². The largest absolute Gasteiger partial charge is 0.393 e. The second-order valence-electron chi connectivity index (χ2n) is 4.83. The van der Waals surface area contributed by atoms with Crippen molar-refractivity contribution < 1.29 is 5.11 Å². The maximum Gasteiger partial charge on any atom is 0.0716 e. The Hall–Kier alpha value is -0.0831. The van der Waals surface area contributed by atoms with Crippen LogP contribution in [0, 0.1) is 0 Å². The van der Waals surface area contributed by atoms with Gasteiger partial charge in [-0.2, -0.15) is 0 Å². The normalized spacial score (nSPS) is 14.2. The molecule has 13 heavy (non-hydrogen) atoms. The molecule has 0 saturated carbocycles. The molecule has 0 amide bonds. The van der Waals surface area contributed by atoms with E-state index in [1.165, 1.54) is 5.20 Å². The van der Waals surface area contributed by atoms with Crippen molar-refractivity contribution in [1.29, 1.82) is 0 Å². The Morgan fingerprint density at radius 3 is 2.23 bits per heavy atom. The molecule has 0 heterocycles. The lowest BCUT2D eigenvalue weighted by Crippen LogP contribution is -2.24. The Bertz CT molecular complexity index is 158. The fourth-order valence-corrected chi connectivity index (χ4v) is 2.09. The molecule has 0 aromatic rings. The second-order valence-corrected chi connectivity index (χ2v) is 10.0. The lowest BCUT2D eigenvalue weighted by atomic mass is 10.1. The molecule has 0 aromatic carbocycles. The molecule has 0 spiro atoms. The maximum absolute atomic E-state index is 9.54. The maximum atomic E-state index is 9.54. The predicted molar refractivity (Wildman–Crippen MR) is 62.6 cm³/mol. The standard InChI is InChI=1S/C11H24OSi/c1-6-7-11(12)9-8-10(2)13(3,4)5/h11-12H,2,6-9H2,1,3-5H3. The Morgan fingerprint density at radius 2 is 1.85 bits per heavy atom. The van der Waals surface area contributed by atoms with E-state index in [0.29, 0.717) is 0 Å². The van der Waals surface area contributed by atoms with Gasteiger partial charge in [-0.25, -0.2) is 0 Å². The average Bonchev–Trinajstić information content (AvgIpc) is 1.99. The van der Waals surface area contributed by atoms with E-state index >= 15 is 0 Å². The first-order chi connectivity index (χ1) is 5.88. The highest BCUT2D eigenvalue weighted by Gasteiger charge is 2.17. The third-order valence-corrected chi connectivity index (χ3v) is 4.83. The monoisotopic (exact) mass is 200 g/mol. The first-order valence-electron chi connectivity index (χ1n) is 5.24. The van der Waals surface area contributed by atoms with E-state index in [9.17, 15) is 5.11 Å². The van der Waals surface area contributed by atoms with E-state index in [1.807, 2.05) is 0 Å². The molecule has 0 aliphatic heterocycles. The minimum absolute atomic E-state index is 0.113. The van der Waals surface area contributed by atoms with Crippen molar-refractivity contribution in [2.24, 2.45) is 0 Å². The average molecular weight is 200 g/mol. The van der Waals surface area contributed by atoms with Gasteiger partial charge in [0.15, 0.2) is 0 Å². The molecule has 0 saturated heterocycles. The highest BCUT2D eigenvalue weighted by Crippen LogP contribution is 2.19. The summed E-state index contributed by atoms with van der Waals surface area (Å²) in [5.74, 6) is 0. The van der Waals surface area contributed by atoms with E-state index in [0.717, 1.165) is 25.7 Å². The molecule has 1 unspecified atom stereocenters. The summed E-state index contributed by atoms with van der Waals surface area (Å²) in [6.45, 7) is 13.1. The Balaban J connectivity index is 3.71. The lowest BCUT2D eigenvalue weighted by Gasteiger charge is -2.20. The molecule has 0 aliphatic carbocycles. The minimum Gasteiger partial charge on any atom is -0.393 e. The van der Waals surface area contributed by atoms with E-state index < -0.39 is 8.07 Å². The van der Waals surface area contributed by atoms with E-state index in [4.69, 9.17) is 0 Å². The molecule has 0 aliphatic rings. The van der Waals surface area contributed by atoms with Crippen molar-refractivity contribution in [3.05, 3.63) is 11.8 Å². The van der Waals surface area contributed by atoms with Crippen LogP contribution in [0.5, 0.6) is 0 Å². The van der Waals surface area contributed by atoms with Crippen LogP contribution in [0.3, 0.4) is 0 Å². The molecule has 1 N–H and O–H groups in total. The van der Waals surface area contributed by atoms with Gasteiger partial charge in [0.25, 0.3) is 0 Å². The lowest BCUT2D eigenvalue weighted by molar-refractivity contribution is 0.154. The molecular weight excluding hydrogens is 176 g/mol. The molecule has 1 nitrogen and oxygen atoms in total. The third kappa shape index (κ3) is 6.05. The van der Waals surface area contributed by atoms with Crippen LogP contribution in [0.25, 0.3) is 0 Å². The summed E-state index contributed by atoms with van der Waals surface area (Å²) >= 11 is 0. The van der Waals surface area contributed by atoms with Crippen LogP contribution in [0.4, 0.5) is 0 Å². The fourth-order valence-electron chi connectivity index (χ4n) is 1.19. The molecule has 0 radical (unpaired) electrons. The van der Waals surface area contributed by atoms with Gasteiger partial charge in [0.2, 0.25) is 0 Å². The van der Waals surface area contributed by atoms with Crippen LogP contribution < -0.4 is 0 Å². The highest BCUT2D eigenvalue weighted by molar-refractivity contribution is 6.82. The minimum atomic E-state index is -1.16. The van der Waals surface area contributed by atoms with Crippen molar-refractivity contribution in [1.82, 2.24) is 0 Å². The highest BCUT2D eigenvalue weighted by atomic mass is 28.3. The van der Waals surface area contributed by atoms with Crippen LogP contribution in [0.15, 0.2) is 11.8 Å². The van der Waals surface area contributed by atoms with Crippen molar-refractivity contribution in [2.45, 2.75) is 58.4 Å². The number of hydrogen-bond acceptors (Lipinski definition) is 1. The van der Waals surface area contributed by atoms with Crippen LogP contribution in [-0.4, -0.2) is 19.3 Å². The van der Waals surface area contributed by atoms with Crippen LogP contribution in [0.1, 0.15) is 32.6 Å². The van der Waals surface area contributed by atoms with Gasteiger partial charge < -0.3 is 5.11 Å². The number of allylic oxidation sites excluding steroid dienone is 1. The van der Waals surface area contributed by atoms with Gasteiger partial charge >= 0.3 is 0 Å². The van der Waals surface area contributed by atoms with Crippen molar-refractivity contribution in [3.8, 4) is 0 Å². The molecule has 2 heteroatoms. The van der Waals surface area contributed by atoms with Gasteiger partial charge in [-0.1, -0.05) is 38.2 Å². The van der Waals surface area contributed by atoms with Gasteiger partial charge in [0.1, 0.15) is 0 Å². The van der Waals surface area contributed by atoms with Gasteiger partial charge in [-0.15, -0.1) is 6.58 Å². The first kappa shape index (κ1) is 12.9. The van der Waals surface area contributed by atoms with Crippen LogP contribution >= 0.6 is 0 Å². The number of hydrogen-bond donors (Lipinski definition) is 1. The van der Waals surface area contributed by atoms with E-state index in [2.05, 4.69) is 33.1 Å². The fraction of sp³-hybridized carbons (Fsp3) is 0.818. The molecule has 0 rings (SSSR count). The van der Waals surface area contributed by atoms with Gasteiger partial charge in [0.05, 0.1) is 14.2 Å². The number of rotatable bonds is 6. The van der Waals surface area contributed by atoms with E-state index in [1.54, 1.807) is 0 Å². The zero-order chi connectivity index (χ0) is 10.5. The SMILES string of the molecule is C=C(CCC(O)CCC)[Si](C)(C)C. The molecular formula is C11H24OSi. The Kier molecular flexibility index (Phi) is 5.57. The Labute approximate surface area is 83.9 Å². The summed E-state index contributed by atoms with van der Waals surface area (Å²) in [4.78, 5) is 0.